The van der Waals surface area contributed by atoms with Crippen LogP contribution in [-0.2, 0) is 4.79 Å². The Morgan fingerprint density at radius 1 is 1.44 bits per heavy atom. The summed E-state index contributed by atoms with van der Waals surface area (Å²) in [5.41, 5.74) is 3.31. The van der Waals surface area contributed by atoms with Crippen LogP contribution in [0.25, 0.3) is 0 Å². The molecular weight excluding hydrogens is 218 g/mol. The number of hydrogen-bond acceptors (Lipinski definition) is 2. The first-order valence-corrected chi connectivity index (χ1v) is 6.71. The third-order valence-corrected chi connectivity index (χ3v) is 4.24. The molecule has 1 aromatic carbocycles. The Labute approximate surface area is 101 Å². The molecule has 1 N–H and O–H groups in total. The lowest BCUT2D eigenvalue weighted by molar-refractivity contribution is -0.115. The van der Waals surface area contributed by atoms with Crippen LogP contribution in [0.1, 0.15) is 24.0 Å². The maximum absolute atomic E-state index is 11.9. The van der Waals surface area contributed by atoms with E-state index in [-0.39, 0.29) is 11.2 Å². The Balaban J connectivity index is 2.05. The van der Waals surface area contributed by atoms with E-state index in [4.69, 9.17) is 0 Å². The third-order valence-electron chi connectivity index (χ3n) is 2.86. The van der Waals surface area contributed by atoms with E-state index in [1.807, 2.05) is 19.1 Å². The molecule has 3 heteroatoms. The lowest BCUT2D eigenvalue weighted by atomic mass is 10.1. The molecule has 86 valence electrons. The predicted octanol–water partition coefficient (Wildman–Crippen LogP) is 3.14. The van der Waals surface area contributed by atoms with Crippen LogP contribution in [0, 0.1) is 13.8 Å². The van der Waals surface area contributed by atoms with Crippen molar-refractivity contribution in [1.29, 1.82) is 0 Å². The molecule has 16 heavy (non-hydrogen) atoms. The smallest absolute Gasteiger partial charge is 0.237 e. The molecule has 0 spiro atoms. The number of benzene rings is 1. The minimum atomic E-state index is 0.153. The van der Waals surface area contributed by atoms with Crippen molar-refractivity contribution in [3.05, 3.63) is 29.3 Å². The lowest BCUT2D eigenvalue weighted by Gasteiger charge is -2.12. The molecule has 1 amide bonds. The van der Waals surface area contributed by atoms with Crippen molar-refractivity contribution < 1.29 is 4.79 Å². The summed E-state index contributed by atoms with van der Waals surface area (Å²) in [6, 6.07) is 6.12. The van der Waals surface area contributed by atoms with Gasteiger partial charge in [0.05, 0.1) is 5.25 Å². The SMILES string of the molecule is Cc1ccc(NC(=O)C2CCCS2)c(C)c1. The van der Waals surface area contributed by atoms with Crippen molar-refractivity contribution >= 4 is 23.4 Å². The zero-order valence-corrected chi connectivity index (χ0v) is 10.6. The molecule has 1 aliphatic rings. The minimum absolute atomic E-state index is 0.153. The van der Waals surface area contributed by atoms with Gasteiger partial charge in [-0.2, -0.15) is 0 Å². The number of carbonyl (C=O) groups excluding carboxylic acids is 1. The normalized spacial score (nSPS) is 19.8. The van der Waals surface area contributed by atoms with Gasteiger partial charge in [0, 0.05) is 5.69 Å². The predicted molar refractivity (Wildman–Crippen MR) is 70.0 cm³/mol. The summed E-state index contributed by atoms with van der Waals surface area (Å²) >= 11 is 1.77. The van der Waals surface area contributed by atoms with Crippen LogP contribution in [0.4, 0.5) is 5.69 Å². The molecule has 1 atom stereocenters. The minimum Gasteiger partial charge on any atom is -0.325 e. The molecule has 1 aromatic rings. The van der Waals surface area contributed by atoms with Crippen molar-refractivity contribution in [2.45, 2.75) is 31.9 Å². The summed E-state index contributed by atoms with van der Waals surface area (Å²) in [7, 11) is 0. The fourth-order valence-corrected chi connectivity index (χ4v) is 3.11. The average Bonchev–Trinajstić information content (AvgIpc) is 2.75. The van der Waals surface area contributed by atoms with Gasteiger partial charge in [-0.15, -0.1) is 11.8 Å². The van der Waals surface area contributed by atoms with Crippen LogP contribution in [0.3, 0.4) is 0 Å². The monoisotopic (exact) mass is 235 g/mol. The molecule has 1 unspecified atom stereocenters. The van der Waals surface area contributed by atoms with Crippen LogP contribution in [0.2, 0.25) is 0 Å². The van der Waals surface area contributed by atoms with Crippen LogP contribution in [0.5, 0.6) is 0 Å². The second-order valence-electron chi connectivity index (χ2n) is 4.31. The lowest BCUT2D eigenvalue weighted by Crippen LogP contribution is -2.23. The first-order valence-electron chi connectivity index (χ1n) is 5.66. The third kappa shape index (κ3) is 2.59. The van der Waals surface area contributed by atoms with E-state index in [9.17, 15) is 4.79 Å². The van der Waals surface area contributed by atoms with Crippen LogP contribution < -0.4 is 5.32 Å². The first-order chi connectivity index (χ1) is 7.66. The summed E-state index contributed by atoms with van der Waals surface area (Å²) in [5, 5.41) is 3.17. The van der Waals surface area contributed by atoms with E-state index in [0.717, 1.165) is 29.8 Å². The molecule has 0 aliphatic carbocycles. The fourth-order valence-electron chi connectivity index (χ4n) is 1.95. The average molecular weight is 235 g/mol. The highest BCUT2D eigenvalue weighted by Crippen LogP contribution is 2.27. The Morgan fingerprint density at radius 3 is 2.88 bits per heavy atom. The molecule has 2 nitrogen and oxygen atoms in total. The van der Waals surface area contributed by atoms with E-state index < -0.39 is 0 Å². The van der Waals surface area contributed by atoms with E-state index in [1.54, 1.807) is 11.8 Å². The van der Waals surface area contributed by atoms with E-state index in [1.165, 1.54) is 5.56 Å². The topological polar surface area (TPSA) is 29.1 Å². The van der Waals surface area contributed by atoms with Crippen molar-refractivity contribution in [2.24, 2.45) is 0 Å². The van der Waals surface area contributed by atoms with Crippen LogP contribution >= 0.6 is 11.8 Å². The van der Waals surface area contributed by atoms with Crippen molar-refractivity contribution in [2.75, 3.05) is 11.1 Å². The molecule has 0 aromatic heterocycles. The Hall–Kier alpha value is -0.960. The standard InChI is InChI=1S/C13H17NOS/c1-9-5-6-11(10(2)8-9)14-13(15)12-4-3-7-16-12/h5-6,8,12H,3-4,7H2,1-2H3,(H,14,15). The van der Waals surface area contributed by atoms with Gasteiger partial charge in [-0.05, 0) is 44.1 Å². The first kappa shape index (κ1) is 11.5. The molecule has 1 fully saturated rings. The summed E-state index contributed by atoms with van der Waals surface area (Å²) in [6.45, 7) is 4.09. The second kappa shape index (κ2) is 4.91. The molecule has 2 rings (SSSR count). The Kier molecular flexibility index (Phi) is 3.54. The maximum atomic E-state index is 11.9. The number of anilines is 1. The highest BCUT2D eigenvalue weighted by molar-refractivity contribution is 8.00. The van der Waals surface area contributed by atoms with E-state index in [0.29, 0.717) is 0 Å². The van der Waals surface area contributed by atoms with Gasteiger partial charge >= 0.3 is 0 Å². The van der Waals surface area contributed by atoms with Crippen molar-refractivity contribution in [3.8, 4) is 0 Å². The molecule has 1 heterocycles. The summed E-state index contributed by atoms with van der Waals surface area (Å²) in [6.07, 6.45) is 2.18. The largest absolute Gasteiger partial charge is 0.325 e. The van der Waals surface area contributed by atoms with Gasteiger partial charge in [0.1, 0.15) is 0 Å². The molecule has 0 radical (unpaired) electrons. The number of aryl methyl sites for hydroxylation is 2. The van der Waals surface area contributed by atoms with Crippen LogP contribution in [0.15, 0.2) is 18.2 Å². The number of rotatable bonds is 2. The number of thioether (sulfide) groups is 1. The number of hydrogen-bond donors (Lipinski definition) is 1. The van der Waals surface area contributed by atoms with Gasteiger partial charge in [0.25, 0.3) is 0 Å². The Morgan fingerprint density at radius 2 is 2.25 bits per heavy atom. The quantitative estimate of drug-likeness (QED) is 0.853. The van der Waals surface area contributed by atoms with Gasteiger partial charge in [-0.25, -0.2) is 0 Å². The zero-order chi connectivity index (χ0) is 11.5. The number of nitrogens with one attached hydrogen (secondary N) is 1. The number of carbonyl (C=O) groups is 1. The second-order valence-corrected chi connectivity index (χ2v) is 5.62. The maximum Gasteiger partial charge on any atom is 0.237 e. The summed E-state index contributed by atoms with van der Waals surface area (Å²) < 4.78 is 0. The molecule has 0 saturated carbocycles. The molecule has 1 saturated heterocycles. The van der Waals surface area contributed by atoms with Gasteiger partial charge in [-0.1, -0.05) is 17.7 Å². The van der Waals surface area contributed by atoms with Crippen LogP contribution in [-0.4, -0.2) is 16.9 Å². The number of amides is 1. The van der Waals surface area contributed by atoms with Crippen molar-refractivity contribution in [1.82, 2.24) is 0 Å². The van der Waals surface area contributed by atoms with Gasteiger partial charge in [0.15, 0.2) is 0 Å². The summed E-state index contributed by atoms with van der Waals surface area (Å²) in [5.74, 6) is 1.28. The molecule has 1 aliphatic heterocycles. The zero-order valence-electron chi connectivity index (χ0n) is 9.75. The highest BCUT2D eigenvalue weighted by Gasteiger charge is 2.23. The van der Waals surface area contributed by atoms with E-state index >= 15 is 0 Å². The van der Waals surface area contributed by atoms with Gasteiger partial charge < -0.3 is 5.32 Å². The van der Waals surface area contributed by atoms with Gasteiger partial charge in [0.2, 0.25) is 5.91 Å². The van der Waals surface area contributed by atoms with Gasteiger partial charge in [-0.3, -0.25) is 4.79 Å². The van der Waals surface area contributed by atoms with E-state index in [2.05, 4.69) is 18.3 Å². The fraction of sp³-hybridized carbons (Fsp3) is 0.462. The summed E-state index contributed by atoms with van der Waals surface area (Å²) in [4.78, 5) is 11.9. The molecule has 0 bridgehead atoms. The van der Waals surface area contributed by atoms with Crippen molar-refractivity contribution in [3.63, 3.8) is 0 Å². The molecular formula is C13H17NOS. The Bertz CT molecular complexity index is 397. The highest BCUT2D eigenvalue weighted by atomic mass is 32.2.